The Hall–Kier alpha value is -1.26. The van der Waals surface area contributed by atoms with Crippen molar-refractivity contribution in [3.63, 3.8) is 0 Å². The number of fused-ring (bicyclic) bond motifs is 2. The van der Waals surface area contributed by atoms with Crippen LogP contribution in [0.25, 0.3) is 0 Å². The van der Waals surface area contributed by atoms with Crippen molar-refractivity contribution in [3.05, 3.63) is 29.8 Å². The molecule has 2 aliphatic heterocycles. The first kappa shape index (κ1) is 15.1. The minimum Gasteiger partial charge on any atom is -0.378 e. The number of hydrogen-bond acceptors (Lipinski definition) is 3. The molecule has 2 heterocycles. The van der Waals surface area contributed by atoms with Gasteiger partial charge in [-0.25, -0.2) is 0 Å². The minimum atomic E-state index is 0. The second kappa shape index (κ2) is 6.02. The molecule has 1 aromatic carbocycles. The Labute approximate surface area is 126 Å². The zero-order valence-corrected chi connectivity index (χ0v) is 12.7. The number of nitrogens with one attached hydrogen (secondary N) is 2. The van der Waals surface area contributed by atoms with Gasteiger partial charge in [0, 0.05) is 43.5 Å². The first-order valence-corrected chi connectivity index (χ1v) is 6.98. The lowest BCUT2D eigenvalue weighted by molar-refractivity contribution is 0.0931. The number of anilines is 1. The third-order valence-electron chi connectivity index (χ3n) is 4.24. The number of benzene rings is 1. The topological polar surface area (TPSA) is 44.4 Å². The Bertz CT molecular complexity index is 492. The summed E-state index contributed by atoms with van der Waals surface area (Å²) in [6, 6.07) is 9.15. The molecule has 3 atom stereocenters. The molecule has 1 aromatic rings. The molecule has 2 bridgehead atoms. The summed E-state index contributed by atoms with van der Waals surface area (Å²) in [5, 5.41) is 6.71. The lowest BCUT2D eigenvalue weighted by Crippen LogP contribution is -2.42. The lowest BCUT2D eigenvalue weighted by atomic mass is 9.95. The number of hydrogen-bond donors (Lipinski definition) is 2. The zero-order chi connectivity index (χ0) is 13.4. The van der Waals surface area contributed by atoms with Crippen molar-refractivity contribution in [3.8, 4) is 0 Å². The lowest BCUT2D eigenvalue weighted by Gasteiger charge is -2.22. The summed E-state index contributed by atoms with van der Waals surface area (Å²) in [5.41, 5.74) is 1.80. The van der Waals surface area contributed by atoms with Crippen molar-refractivity contribution in [1.29, 1.82) is 0 Å². The predicted molar refractivity (Wildman–Crippen MR) is 83.8 cm³/mol. The van der Waals surface area contributed by atoms with Crippen molar-refractivity contribution in [1.82, 2.24) is 10.6 Å². The van der Waals surface area contributed by atoms with Crippen LogP contribution in [0.3, 0.4) is 0 Å². The molecular formula is C15H22ClN3O. The van der Waals surface area contributed by atoms with Crippen molar-refractivity contribution < 1.29 is 4.79 Å². The maximum absolute atomic E-state index is 12.3. The Kier molecular flexibility index (Phi) is 4.55. The van der Waals surface area contributed by atoms with E-state index in [0.717, 1.165) is 17.7 Å². The normalized spacial score (nSPS) is 27.0. The number of amides is 1. The first-order valence-electron chi connectivity index (χ1n) is 6.98. The molecule has 110 valence electrons. The molecule has 0 radical (unpaired) electrons. The molecule has 1 amide bonds. The summed E-state index contributed by atoms with van der Waals surface area (Å²) in [4.78, 5) is 14.3. The van der Waals surface area contributed by atoms with Crippen LogP contribution >= 0.6 is 12.4 Å². The average molecular weight is 296 g/mol. The van der Waals surface area contributed by atoms with Crippen molar-refractivity contribution in [2.24, 2.45) is 0 Å². The second-order valence-corrected chi connectivity index (χ2v) is 5.81. The molecule has 2 fully saturated rings. The van der Waals surface area contributed by atoms with Crippen LogP contribution in [-0.2, 0) is 0 Å². The smallest absolute Gasteiger partial charge is 0.251 e. The molecule has 5 heteroatoms. The molecule has 4 nitrogen and oxygen atoms in total. The minimum absolute atomic E-state index is 0. The zero-order valence-electron chi connectivity index (χ0n) is 11.9. The molecule has 0 unspecified atom stereocenters. The van der Waals surface area contributed by atoms with Crippen molar-refractivity contribution in [2.45, 2.75) is 37.4 Å². The molecule has 0 aromatic heterocycles. The van der Waals surface area contributed by atoms with E-state index in [1.165, 1.54) is 12.8 Å². The third kappa shape index (κ3) is 2.91. The van der Waals surface area contributed by atoms with Crippen molar-refractivity contribution in [2.75, 3.05) is 19.0 Å². The Balaban J connectivity index is 0.00000147. The third-order valence-corrected chi connectivity index (χ3v) is 4.24. The van der Waals surface area contributed by atoms with Crippen LogP contribution in [0.2, 0.25) is 0 Å². The van der Waals surface area contributed by atoms with E-state index in [4.69, 9.17) is 0 Å². The maximum atomic E-state index is 12.3. The van der Waals surface area contributed by atoms with Crippen molar-refractivity contribution >= 4 is 24.0 Å². The number of halogens is 1. The predicted octanol–water partition coefficient (Wildman–Crippen LogP) is 1.80. The van der Waals surface area contributed by atoms with Crippen LogP contribution in [0.5, 0.6) is 0 Å². The molecule has 20 heavy (non-hydrogen) atoms. The molecule has 2 N–H and O–H groups in total. The van der Waals surface area contributed by atoms with Crippen LogP contribution < -0.4 is 15.5 Å². The van der Waals surface area contributed by atoms with Gasteiger partial charge in [0.2, 0.25) is 0 Å². The van der Waals surface area contributed by atoms with Gasteiger partial charge in [-0.3, -0.25) is 4.79 Å². The molecule has 2 aliphatic rings. The summed E-state index contributed by atoms with van der Waals surface area (Å²) in [6.45, 7) is 0. The van der Waals surface area contributed by atoms with Gasteiger partial charge in [-0.05, 0) is 37.5 Å². The van der Waals surface area contributed by atoms with Crippen LogP contribution in [0.1, 0.15) is 29.6 Å². The fourth-order valence-electron chi connectivity index (χ4n) is 3.16. The molecular weight excluding hydrogens is 274 g/mol. The summed E-state index contributed by atoms with van der Waals surface area (Å²) in [5.74, 6) is 0.0445. The monoisotopic (exact) mass is 295 g/mol. The van der Waals surface area contributed by atoms with E-state index in [2.05, 4.69) is 10.6 Å². The van der Waals surface area contributed by atoms with Gasteiger partial charge >= 0.3 is 0 Å². The van der Waals surface area contributed by atoms with E-state index in [1.807, 2.05) is 43.3 Å². The Morgan fingerprint density at radius 2 is 2.15 bits per heavy atom. The van der Waals surface area contributed by atoms with Gasteiger partial charge in [0.1, 0.15) is 0 Å². The van der Waals surface area contributed by atoms with Gasteiger partial charge < -0.3 is 15.5 Å². The SMILES string of the molecule is CN(C)c1cccc(C(=O)N[C@H]2C[C@H]3CC[C@@H]2N3)c1.Cl. The van der Waals surface area contributed by atoms with Gasteiger partial charge in [-0.1, -0.05) is 6.07 Å². The highest BCUT2D eigenvalue weighted by Gasteiger charge is 2.39. The van der Waals surface area contributed by atoms with Crippen LogP contribution in [-0.4, -0.2) is 38.1 Å². The maximum Gasteiger partial charge on any atom is 0.251 e. The fraction of sp³-hybridized carbons (Fsp3) is 0.533. The van der Waals surface area contributed by atoms with E-state index in [9.17, 15) is 4.79 Å². The van der Waals surface area contributed by atoms with E-state index in [-0.39, 0.29) is 18.3 Å². The molecule has 0 saturated carbocycles. The second-order valence-electron chi connectivity index (χ2n) is 5.81. The summed E-state index contributed by atoms with van der Waals surface area (Å²) in [6.07, 6.45) is 3.52. The van der Waals surface area contributed by atoms with E-state index >= 15 is 0 Å². The summed E-state index contributed by atoms with van der Waals surface area (Å²) >= 11 is 0. The number of carbonyl (C=O) groups excluding carboxylic acids is 1. The highest BCUT2D eigenvalue weighted by molar-refractivity contribution is 5.95. The van der Waals surface area contributed by atoms with Gasteiger partial charge in [0.15, 0.2) is 0 Å². The Morgan fingerprint density at radius 3 is 2.75 bits per heavy atom. The van der Waals surface area contributed by atoms with E-state index in [0.29, 0.717) is 18.1 Å². The van der Waals surface area contributed by atoms with Crippen LogP contribution in [0.15, 0.2) is 24.3 Å². The quantitative estimate of drug-likeness (QED) is 0.894. The summed E-state index contributed by atoms with van der Waals surface area (Å²) in [7, 11) is 3.97. The molecule has 0 aliphatic carbocycles. The number of rotatable bonds is 3. The largest absolute Gasteiger partial charge is 0.378 e. The highest BCUT2D eigenvalue weighted by atomic mass is 35.5. The van der Waals surface area contributed by atoms with Gasteiger partial charge in [-0.15, -0.1) is 12.4 Å². The molecule has 3 rings (SSSR count). The van der Waals surface area contributed by atoms with Crippen LogP contribution in [0.4, 0.5) is 5.69 Å². The van der Waals surface area contributed by atoms with Gasteiger partial charge in [0.25, 0.3) is 5.91 Å². The fourth-order valence-corrected chi connectivity index (χ4v) is 3.16. The standard InChI is InChI=1S/C15H21N3O.ClH/c1-18(2)12-5-3-4-10(8-12)15(19)17-14-9-11-6-7-13(14)16-11;/h3-5,8,11,13-14,16H,6-7,9H2,1-2H3,(H,17,19);1H/t11-,13+,14+;/m1./s1. The molecule has 0 spiro atoms. The van der Waals surface area contributed by atoms with Crippen LogP contribution in [0, 0.1) is 0 Å². The van der Waals surface area contributed by atoms with E-state index in [1.54, 1.807) is 0 Å². The average Bonchev–Trinajstić information content (AvgIpc) is 3.01. The number of nitrogens with zero attached hydrogens (tertiary/aromatic N) is 1. The van der Waals surface area contributed by atoms with E-state index < -0.39 is 0 Å². The first-order chi connectivity index (χ1) is 9.13. The summed E-state index contributed by atoms with van der Waals surface area (Å²) < 4.78 is 0. The number of carbonyl (C=O) groups is 1. The van der Waals surface area contributed by atoms with Gasteiger partial charge in [-0.2, -0.15) is 0 Å². The van der Waals surface area contributed by atoms with Gasteiger partial charge in [0.05, 0.1) is 0 Å². The molecule has 2 saturated heterocycles. The Morgan fingerprint density at radius 1 is 1.35 bits per heavy atom. The highest BCUT2D eigenvalue weighted by Crippen LogP contribution is 2.28.